The molecule has 3 N–H and O–H groups in total. The Balaban J connectivity index is 0.00000176. The largest absolute Gasteiger partial charge is 0.462 e. The molecule has 2 fully saturated rings. The molecule has 2 aliphatic rings. The van der Waals surface area contributed by atoms with E-state index in [-0.39, 0.29) is 41.9 Å². The van der Waals surface area contributed by atoms with Crippen LogP contribution in [-0.2, 0) is 19.1 Å². The molecule has 0 aromatic rings. The van der Waals surface area contributed by atoms with E-state index in [4.69, 9.17) is 15.2 Å². The van der Waals surface area contributed by atoms with Crippen molar-refractivity contribution in [3.63, 3.8) is 0 Å². The van der Waals surface area contributed by atoms with Crippen molar-refractivity contribution in [2.75, 3.05) is 19.6 Å². The zero-order chi connectivity index (χ0) is 20.4. The lowest BCUT2D eigenvalue weighted by Crippen LogP contribution is -2.35. The zero-order valence-corrected chi connectivity index (χ0v) is 17.8. The molecular weight excluding hydrogens is 344 g/mol. The summed E-state index contributed by atoms with van der Waals surface area (Å²) in [5.41, 5.74) is 5.68. The lowest BCUT2D eigenvalue weighted by atomic mass is 9.91. The third kappa shape index (κ3) is 7.07. The third-order valence-electron chi connectivity index (χ3n) is 5.81. The Labute approximate surface area is 164 Å². The Hall–Kier alpha value is -1.14. The molecule has 0 spiro atoms. The lowest BCUT2D eigenvalue weighted by Gasteiger charge is -2.30. The molecule has 1 aliphatic heterocycles. The molecule has 2 rings (SSSR count). The topological polar surface area (TPSA) is 90.6 Å². The minimum atomic E-state index is -0.133. The standard InChI is InChI=1S/C19H34N2O4.C2H6/c1-4-16(12(2)9-20)18(22)24-14-5-7-15(8-6-14)25-19(23)17-11-21-10-13(17)3;1-2/h12-17,21H,4-11,20H2,1-3H3;1-2H3. The van der Waals surface area contributed by atoms with Crippen LogP contribution in [0.15, 0.2) is 0 Å². The van der Waals surface area contributed by atoms with Crippen molar-refractivity contribution in [2.24, 2.45) is 29.4 Å². The molecule has 6 nitrogen and oxygen atoms in total. The van der Waals surface area contributed by atoms with E-state index in [1.165, 1.54) is 0 Å². The van der Waals surface area contributed by atoms with Crippen molar-refractivity contribution in [1.82, 2.24) is 5.32 Å². The summed E-state index contributed by atoms with van der Waals surface area (Å²) in [6, 6.07) is 0. The molecule has 0 bridgehead atoms. The van der Waals surface area contributed by atoms with Gasteiger partial charge in [-0.1, -0.05) is 34.6 Å². The van der Waals surface area contributed by atoms with Gasteiger partial charge >= 0.3 is 11.9 Å². The minimum Gasteiger partial charge on any atom is -0.462 e. The summed E-state index contributed by atoms with van der Waals surface area (Å²) < 4.78 is 11.4. The Morgan fingerprint density at radius 1 is 1.07 bits per heavy atom. The van der Waals surface area contributed by atoms with Gasteiger partial charge in [-0.3, -0.25) is 9.59 Å². The van der Waals surface area contributed by atoms with Gasteiger partial charge in [-0.05, 0) is 57.0 Å². The van der Waals surface area contributed by atoms with E-state index in [2.05, 4.69) is 12.2 Å². The highest BCUT2D eigenvalue weighted by Crippen LogP contribution is 2.27. The molecule has 0 aromatic heterocycles. The van der Waals surface area contributed by atoms with E-state index in [9.17, 15) is 9.59 Å². The van der Waals surface area contributed by atoms with Gasteiger partial charge in [-0.15, -0.1) is 0 Å². The molecule has 6 heteroatoms. The number of rotatable bonds is 7. The van der Waals surface area contributed by atoms with Crippen LogP contribution in [0.3, 0.4) is 0 Å². The van der Waals surface area contributed by atoms with Gasteiger partial charge in [0.15, 0.2) is 0 Å². The second-order valence-corrected chi connectivity index (χ2v) is 7.74. The number of carbonyl (C=O) groups is 2. The number of esters is 2. The maximum absolute atomic E-state index is 12.3. The van der Waals surface area contributed by atoms with Crippen molar-refractivity contribution in [1.29, 1.82) is 0 Å². The van der Waals surface area contributed by atoms with Gasteiger partial charge in [0.1, 0.15) is 12.2 Å². The molecule has 1 saturated heterocycles. The monoisotopic (exact) mass is 384 g/mol. The molecule has 4 unspecified atom stereocenters. The summed E-state index contributed by atoms with van der Waals surface area (Å²) in [5.74, 6) is 0.0974. The molecule has 0 aromatic carbocycles. The quantitative estimate of drug-likeness (QED) is 0.656. The van der Waals surface area contributed by atoms with E-state index in [0.717, 1.165) is 38.6 Å². The molecule has 1 heterocycles. The first-order valence-corrected chi connectivity index (χ1v) is 10.8. The molecule has 27 heavy (non-hydrogen) atoms. The van der Waals surface area contributed by atoms with E-state index in [1.54, 1.807) is 0 Å². The number of hydrogen-bond donors (Lipinski definition) is 2. The summed E-state index contributed by atoms with van der Waals surface area (Å²) in [6.45, 7) is 12.1. The number of hydrogen-bond acceptors (Lipinski definition) is 6. The number of ether oxygens (including phenoxy) is 2. The van der Waals surface area contributed by atoms with E-state index < -0.39 is 0 Å². The number of nitrogens with one attached hydrogen (secondary N) is 1. The fourth-order valence-electron chi connectivity index (χ4n) is 3.86. The summed E-state index contributed by atoms with van der Waals surface area (Å²) in [5, 5.41) is 3.23. The van der Waals surface area contributed by atoms with E-state index >= 15 is 0 Å². The molecule has 0 radical (unpaired) electrons. The maximum atomic E-state index is 12.3. The second-order valence-electron chi connectivity index (χ2n) is 7.74. The third-order valence-corrected chi connectivity index (χ3v) is 5.81. The van der Waals surface area contributed by atoms with Crippen molar-refractivity contribution < 1.29 is 19.1 Å². The van der Waals surface area contributed by atoms with E-state index in [1.807, 2.05) is 27.7 Å². The van der Waals surface area contributed by atoms with Crippen LogP contribution in [0.1, 0.15) is 66.7 Å². The van der Waals surface area contributed by atoms with Crippen LogP contribution in [-0.4, -0.2) is 43.8 Å². The molecule has 158 valence electrons. The van der Waals surface area contributed by atoms with Crippen molar-refractivity contribution in [3.05, 3.63) is 0 Å². The normalized spacial score (nSPS) is 29.9. The van der Waals surface area contributed by atoms with Crippen LogP contribution in [0, 0.1) is 23.7 Å². The molecule has 0 amide bonds. The van der Waals surface area contributed by atoms with Gasteiger partial charge in [-0.2, -0.15) is 0 Å². The average molecular weight is 385 g/mol. The van der Waals surface area contributed by atoms with Gasteiger partial charge < -0.3 is 20.5 Å². The molecule has 4 atom stereocenters. The summed E-state index contributed by atoms with van der Waals surface area (Å²) in [6.07, 6.45) is 3.69. The highest BCUT2D eigenvalue weighted by atomic mass is 16.6. The highest BCUT2D eigenvalue weighted by molar-refractivity contribution is 5.74. The average Bonchev–Trinajstić information content (AvgIpc) is 3.11. The van der Waals surface area contributed by atoms with Crippen molar-refractivity contribution in [3.8, 4) is 0 Å². The van der Waals surface area contributed by atoms with Crippen LogP contribution >= 0.6 is 0 Å². The van der Waals surface area contributed by atoms with Gasteiger partial charge in [0.2, 0.25) is 0 Å². The lowest BCUT2D eigenvalue weighted by molar-refractivity contribution is -0.164. The molecule has 1 saturated carbocycles. The van der Waals surface area contributed by atoms with Gasteiger partial charge in [-0.25, -0.2) is 0 Å². The smallest absolute Gasteiger partial charge is 0.310 e. The van der Waals surface area contributed by atoms with Crippen LogP contribution < -0.4 is 11.1 Å². The fraction of sp³-hybridized carbons (Fsp3) is 0.905. The summed E-state index contributed by atoms with van der Waals surface area (Å²) in [4.78, 5) is 24.6. The minimum absolute atomic E-state index is 0.0291. The predicted octanol–water partition coefficient (Wildman–Crippen LogP) is 2.89. The highest BCUT2D eigenvalue weighted by Gasteiger charge is 2.34. The Kier molecular flexibility index (Phi) is 10.9. The number of carbonyl (C=O) groups excluding carboxylic acids is 2. The molecule has 1 aliphatic carbocycles. The number of nitrogens with two attached hydrogens (primary N) is 1. The zero-order valence-electron chi connectivity index (χ0n) is 17.8. The van der Waals surface area contributed by atoms with Crippen molar-refractivity contribution in [2.45, 2.75) is 78.9 Å². The van der Waals surface area contributed by atoms with Gasteiger partial charge in [0.05, 0.1) is 11.8 Å². The Bertz CT molecular complexity index is 449. The van der Waals surface area contributed by atoms with Crippen LogP contribution in [0.2, 0.25) is 0 Å². The molecular formula is C21H40N2O4. The van der Waals surface area contributed by atoms with Gasteiger partial charge in [0, 0.05) is 6.54 Å². The summed E-state index contributed by atoms with van der Waals surface area (Å²) in [7, 11) is 0. The van der Waals surface area contributed by atoms with Crippen LogP contribution in [0.4, 0.5) is 0 Å². The Morgan fingerprint density at radius 2 is 1.63 bits per heavy atom. The van der Waals surface area contributed by atoms with Crippen molar-refractivity contribution >= 4 is 11.9 Å². The Morgan fingerprint density at radius 3 is 2.07 bits per heavy atom. The first kappa shape index (κ1) is 23.9. The van der Waals surface area contributed by atoms with Crippen LogP contribution in [0.25, 0.3) is 0 Å². The summed E-state index contributed by atoms with van der Waals surface area (Å²) >= 11 is 0. The first-order valence-electron chi connectivity index (χ1n) is 10.8. The SMILES string of the molecule is CC.CCC(C(=O)OC1CCC(OC(=O)C2CNCC2C)CC1)C(C)CN. The van der Waals surface area contributed by atoms with Crippen LogP contribution in [0.5, 0.6) is 0 Å². The predicted molar refractivity (Wildman–Crippen MR) is 107 cm³/mol. The first-order chi connectivity index (χ1) is 13.0. The fourth-order valence-corrected chi connectivity index (χ4v) is 3.86. The second kappa shape index (κ2) is 12.3. The van der Waals surface area contributed by atoms with E-state index in [0.29, 0.717) is 19.0 Å². The van der Waals surface area contributed by atoms with Gasteiger partial charge in [0.25, 0.3) is 0 Å². The maximum Gasteiger partial charge on any atom is 0.310 e.